The van der Waals surface area contributed by atoms with E-state index < -0.39 is 23.1 Å². The zero-order valence-corrected chi connectivity index (χ0v) is 11.6. The van der Waals surface area contributed by atoms with E-state index in [1.165, 1.54) is 36.4 Å². The summed E-state index contributed by atoms with van der Waals surface area (Å²) in [7, 11) is 0. The Hall–Kier alpha value is -1.75. The van der Waals surface area contributed by atoms with Crippen LogP contribution in [0.4, 0.5) is 13.2 Å². The van der Waals surface area contributed by atoms with Gasteiger partial charge in [0.2, 0.25) is 11.5 Å². The molecular formula is C16H11F3OS. The Bertz CT molecular complexity index is 676. The molecular weight excluding hydrogens is 297 g/mol. The second kappa shape index (κ2) is 5.22. The molecule has 3 rings (SSSR count). The van der Waals surface area contributed by atoms with Crippen molar-refractivity contribution >= 4 is 17.5 Å². The summed E-state index contributed by atoms with van der Waals surface area (Å²) in [6.45, 7) is 0. The lowest BCUT2D eigenvalue weighted by atomic mass is 9.87. The van der Waals surface area contributed by atoms with Gasteiger partial charge in [0.25, 0.3) is 0 Å². The van der Waals surface area contributed by atoms with E-state index in [-0.39, 0.29) is 11.1 Å². The van der Waals surface area contributed by atoms with E-state index in [1.807, 2.05) is 0 Å². The molecule has 0 amide bonds. The van der Waals surface area contributed by atoms with E-state index in [0.717, 1.165) is 0 Å². The van der Waals surface area contributed by atoms with Crippen molar-refractivity contribution in [3.05, 3.63) is 65.7 Å². The average Bonchev–Trinajstić information content (AvgIpc) is 2.53. The Morgan fingerprint density at radius 1 is 1.05 bits per heavy atom. The Balaban J connectivity index is 2.07. The molecule has 1 nitrogen and oxygen atoms in total. The van der Waals surface area contributed by atoms with Crippen LogP contribution in [0.15, 0.2) is 59.5 Å². The third-order valence-electron chi connectivity index (χ3n) is 3.50. The fourth-order valence-electron chi connectivity index (χ4n) is 2.36. The fourth-order valence-corrected chi connectivity index (χ4v) is 3.42. The van der Waals surface area contributed by atoms with Crippen molar-refractivity contribution in [1.29, 1.82) is 0 Å². The van der Waals surface area contributed by atoms with E-state index in [9.17, 15) is 18.0 Å². The number of rotatable bonds is 2. The summed E-state index contributed by atoms with van der Waals surface area (Å²) in [4.78, 5) is 12.6. The number of alkyl halides is 3. The predicted octanol–water partition coefficient (Wildman–Crippen LogP) is 4.69. The molecule has 0 radical (unpaired) electrons. The van der Waals surface area contributed by atoms with E-state index >= 15 is 0 Å². The van der Waals surface area contributed by atoms with E-state index in [2.05, 4.69) is 0 Å². The number of fused-ring (bicyclic) bond motifs is 1. The zero-order chi connectivity index (χ0) is 15.0. The van der Waals surface area contributed by atoms with Crippen molar-refractivity contribution in [3.8, 4) is 0 Å². The molecule has 21 heavy (non-hydrogen) atoms. The summed E-state index contributed by atoms with van der Waals surface area (Å²) in [5.74, 6) is -1.14. The molecule has 0 aliphatic carbocycles. The van der Waals surface area contributed by atoms with Crippen LogP contribution >= 0.6 is 11.8 Å². The van der Waals surface area contributed by atoms with E-state index in [1.54, 1.807) is 18.2 Å². The van der Waals surface area contributed by atoms with Crippen LogP contribution in [0.25, 0.3) is 0 Å². The lowest BCUT2D eigenvalue weighted by Gasteiger charge is -2.34. The summed E-state index contributed by atoms with van der Waals surface area (Å²) in [6, 6.07) is 13.5. The van der Waals surface area contributed by atoms with Gasteiger partial charge in [-0.15, -0.1) is 0 Å². The van der Waals surface area contributed by atoms with Crippen molar-refractivity contribution in [2.45, 2.75) is 22.2 Å². The molecule has 5 heteroatoms. The number of hydrogen-bond donors (Lipinski definition) is 0. The van der Waals surface area contributed by atoms with E-state index in [4.69, 9.17) is 0 Å². The van der Waals surface area contributed by atoms with Crippen molar-refractivity contribution in [2.75, 3.05) is 0 Å². The number of halogens is 3. The Morgan fingerprint density at radius 2 is 1.67 bits per heavy atom. The summed E-state index contributed by atoms with van der Waals surface area (Å²) in [5.41, 5.74) is -5.51. The highest BCUT2D eigenvalue weighted by Crippen LogP contribution is 2.50. The lowest BCUT2D eigenvalue weighted by molar-refractivity contribution is 0.0140. The molecule has 3 atom stereocenters. The molecule has 0 saturated carbocycles. The van der Waals surface area contributed by atoms with Crippen molar-refractivity contribution in [3.63, 3.8) is 0 Å². The van der Waals surface area contributed by atoms with Crippen LogP contribution in [-0.4, -0.2) is 17.0 Å². The normalized spacial score (nSPS) is 26.2. The number of ketones is 1. The smallest absolute Gasteiger partial charge is 0.248 e. The standard InChI is InChI=1S/C16H11F3OS/c17-13(10-6-2-1-3-7-10)16(19)14(20)11-8-4-5-9-12(11)21-15(16)18/h1-9,13,15H. The van der Waals surface area contributed by atoms with Gasteiger partial charge in [-0.25, -0.2) is 13.2 Å². The van der Waals surface area contributed by atoms with Gasteiger partial charge in [0.1, 0.15) is 0 Å². The summed E-state index contributed by atoms with van der Waals surface area (Å²) < 4.78 is 43.8. The molecule has 3 unspecified atom stereocenters. The van der Waals surface area contributed by atoms with Gasteiger partial charge in [0.05, 0.1) is 0 Å². The second-order valence-corrected chi connectivity index (χ2v) is 5.89. The molecule has 0 N–H and O–H groups in total. The summed E-state index contributed by atoms with van der Waals surface area (Å²) in [5, 5.41) is 0. The monoisotopic (exact) mass is 308 g/mol. The van der Waals surface area contributed by atoms with Crippen LogP contribution in [0.1, 0.15) is 22.1 Å². The van der Waals surface area contributed by atoms with Crippen LogP contribution < -0.4 is 0 Å². The number of benzene rings is 2. The molecule has 2 aromatic carbocycles. The molecule has 0 bridgehead atoms. The Morgan fingerprint density at radius 3 is 2.38 bits per heavy atom. The quantitative estimate of drug-likeness (QED) is 0.800. The molecule has 0 saturated heterocycles. The minimum absolute atomic E-state index is 0.0254. The first kappa shape index (κ1) is 14.2. The first-order valence-corrected chi connectivity index (χ1v) is 7.25. The van der Waals surface area contributed by atoms with Gasteiger partial charge in [-0.05, 0) is 11.6 Å². The van der Waals surface area contributed by atoms with Gasteiger partial charge in [0, 0.05) is 10.5 Å². The van der Waals surface area contributed by atoms with Crippen LogP contribution in [0.5, 0.6) is 0 Å². The van der Waals surface area contributed by atoms with Crippen LogP contribution in [0.2, 0.25) is 0 Å². The minimum atomic E-state index is -3.21. The maximum atomic E-state index is 15.0. The number of thioether (sulfide) groups is 1. The topological polar surface area (TPSA) is 17.1 Å². The van der Waals surface area contributed by atoms with Gasteiger partial charge >= 0.3 is 0 Å². The molecule has 108 valence electrons. The second-order valence-electron chi connectivity index (χ2n) is 4.80. The van der Waals surface area contributed by atoms with Crippen LogP contribution in [0, 0.1) is 0 Å². The van der Waals surface area contributed by atoms with Crippen molar-refractivity contribution in [2.24, 2.45) is 0 Å². The lowest BCUT2D eigenvalue weighted by Crippen LogP contribution is -2.48. The molecule has 1 aliphatic heterocycles. The summed E-state index contributed by atoms with van der Waals surface area (Å²) in [6.07, 6.45) is -2.35. The van der Waals surface area contributed by atoms with Crippen molar-refractivity contribution in [1.82, 2.24) is 0 Å². The third kappa shape index (κ3) is 2.16. The molecule has 0 aromatic heterocycles. The van der Waals surface area contributed by atoms with Gasteiger partial charge in [-0.1, -0.05) is 60.3 Å². The molecule has 1 aliphatic rings. The number of hydrogen-bond acceptors (Lipinski definition) is 2. The van der Waals surface area contributed by atoms with Crippen LogP contribution in [-0.2, 0) is 0 Å². The van der Waals surface area contributed by atoms with E-state index in [0.29, 0.717) is 16.7 Å². The van der Waals surface area contributed by atoms with Gasteiger partial charge in [0.15, 0.2) is 11.7 Å². The number of carbonyl (C=O) groups is 1. The number of Topliss-reactive ketones (excluding diaryl/α,β-unsaturated/α-hetero) is 1. The maximum Gasteiger partial charge on any atom is 0.248 e. The molecule has 0 spiro atoms. The SMILES string of the molecule is O=C1c2ccccc2SC(F)C1(F)C(F)c1ccccc1. The molecule has 2 aromatic rings. The van der Waals surface area contributed by atoms with Gasteiger partial charge in [-0.2, -0.15) is 0 Å². The van der Waals surface area contributed by atoms with Gasteiger partial charge < -0.3 is 0 Å². The average molecular weight is 308 g/mol. The third-order valence-corrected chi connectivity index (χ3v) is 4.66. The van der Waals surface area contributed by atoms with Crippen LogP contribution in [0.3, 0.4) is 0 Å². The highest BCUT2D eigenvalue weighted by Gasteiger charge is 2.58. The first-order chi connectivity index (χ1) is 10.0. The minimum Gasteiger partial charge on any atom is -0.290 e. The largest absolute Gasteiger partial charge is 0.290 e. The number of carbonyl (C=O) groups excluding carboxylic acids is 1. The molecule has 0 fully saturated rings. The maximum absolute atomic E-state index is 15.0. The van der Waals surface area contributed by atoms with Crippen molar-refractivity contribution < 1.29 is 18.0 Å². The zero-order valence-electron chi connectivity index (χ0n) is 10.8. The first-order valence-electron chi connectivity index (χ1n) is 6.37. The fraction of sp³-hybridized carbons (Fsp3) is 0.188. The van der Waals surface area contributed by atoms with Gasteiger partial charge in [-0.3, -0.25) is 4.79 Å². The Kier molecular flexibility index (Phi) is 3.53. The highest BCUT2D eigenvalue weighted by molar-refractivity contribution is 8.00. The highest BCUT2D eigenvalue weighted by atomic mass is 32.2. The molecule has 1 heterocycles. The Labute approximate surface area is 124 Å². The predicted molar refractivity (Wildman–Crippen MR) is 75.7 cm³/mol. The summed E-state index contributed by atoms with van der Waals surface area (Å²) >= 11 is 0.543.